The van der Waals surface area contributed by atoms with Crippen molar-refractivity contribution in [3.8, 4) is 0 Å². The molecule has 5 nitrogen and oxygen atoms in total. The molecule has 1 aromatic rings. The van der Waals surface area contributed by atoms with E-state index >= 15 is 0 Å². The van der Waals surface area contributed by atoms with Gasteiger partial charge in [-0.2, -0.15) is 0 Å². The molecule has 5 heteroatoms. The first kappa shape index (κ1) is 13.4. The van der Waals surface area contributed by atoms with Crippen LogP contribution in [0, 0.1) is 0 Å². The summed E-state index contributed by atoms with van der Waals surface area (Å²) in [4.78, 5) is 16.4. The smallest absolute Gasteiger partial charge is 0.306 e. The summed E-state index contributed by atoms with van der Waals surface area (Å²) < 4.78 is 10.8. The topological polar surface area (TPSA) is 57.1 Å². The minimum Gasteiger partial charge on any atom is -0.471 e. The number of hydrogen-bond donors (Lipinski definition) is 0. The Kier molecular flexibility index (Phi) is 4.78. The van der Waals surface area contributed by atoms with Crippen molar-refractivity contribution >= 4 is 11.9 Å². The van der Waals surface area contributed by atoms with Crippen molar-refractivity contribution in [1.29, 1.82) is 0 Å². The predicted molar refractivity (Wildman–Crippen MR) is 69.4 cm³/mol. The van der Waals surface area contributed by atoms with Gasteiger partial charge in [-0.15, -0.1) is 0 Å². The molecule has 0 saturated carbocycles. The summed E-state index contributed by atoms with van der Waals surface area (Å²) in [5.74, 6) is 0.0716. The maximum Gasteiger partial charge on any atom is 0.306 e. The lowest BCUT2D eigenvalue weighted by atomic mass is 10.2. The van der Waals surface area contributed by atoms with Gasteiger partial charge in [-0.3, -0.25) is 4.79 Å². The summed E-state index contributed by atoms with van der Waals surface area (Å²) >= 11 is 0. The molecule has 19 heavy (non-hydrogen) atoms. The number of carbonyl (C=O) groups is 1. The lowest BCUT2D eigenvalue weighted by Gasteiger charge is -2.12. The van der Waals surface area contributed by atoms with Gasteiger partial charge in [0.2, 0.25) is 6.10 Å². The third-order valence-electron chi connectivity index (χ3n) is 2.61. The normalized spacial score (nSPS) is 17.5. The van der Waals surface area contributed by atoms with Crippen LogP contribution in [-0.2, 0) is 25.7 Å². The van der Waals surface area contributed by atoms with Crippen molar-refractivity contribution < 1.29 is 19.1 Å². The van der Waals surface area contributed by atoms with Crippen LogP contribution in [0.25, 0.3) is 0 Å². The maximum absolute atomic E-state index is 11.4. The number of ether oxygens (including phenoxy) is 2. The minimum absolute atomic E-state index is 0.222. The fraction of sp³-hybridized carbons (Fsp3) is 0.429. The second-order valence-corrected chi connectivity index (χ2v) is 4.23. The van der Waals surface area contributed by atoms with Crippen molar-refractivity contribution in [1.82, 2.24) is 0 Å². The zero-order valence-electron chi connectivity index (χ0n) is 10.9. The molecule has 0 amide bonds. The van der Waals surface area contributed by atoms with E-state index in [4.69, 9.17) is 14.3 Å². The molecule has 0 bridgehead atoms. The molecular weight excluding hydrogens is 246 g/mol. The number of benzene rings is 1. The molecule has 0 spiro atoms. The van der Waals surface area contributed by atoms with Gasteiger partial charge in [-0.1, -0.05) is 37.3 Å². The molecule has 1 heterocycles. The van der Waals surface area contributed by atoms with E-state index in [9.17, 15) is 4.79 Å². The van der Waals surface area contributed by atoms with Gasteiger partial charge in [0.1, 0.15) is 6.61 Å². The molecule has 1 aliphatic rings. The number of oxime groups is 1. The van der Waals surface area contributed by atoms with Crippen LogP contribution in [0.3, 0.4) is 0 Å². The van der Waals surface area contributed by atoms with Crippen LogP contribution in [0.1, 0.15) is 25.3 Å². The van der Waals surface area contributed by atoms with Gasteiger partial charge in [0.25, 0.3) is 5.90 Å². The SMILES string of the molecule is CCCC(=O)O[C@H]1CON=C1OCc1ccccc1. The number of nitrogens with zero attached hydrogens (tertiary/aromatic N) is 1. The molecule has 0 radical (unpaired) electrons. The average Bonchev–Trinajstić information content (AvgIpc) is 2.85. The number of hydrogen-bond acceptors (Lipinski definition) is 5. The molecule has 0 N–H and O–H groups in total. The highest BCUT2D eigenvalue weighted by Gasteiger charge is 2.28. The molecule has 102 valence electrons. The Hall–Kier alpha value is -2.04. The fourth-order valence-corrected chi connectivity index (χ4v) is 1.66. The summed E-state index contributed by atoms with van der Waals surface area (Å²) in [5.41, 5.74) is 1.02. The van der Waals surface area contributed by atoms with E-state index in [1.54, 1.807) is 0 Å². The molecule has 0 saturated heterocycles. The molecule has 0 fully saturated rings. The maximum atomic E-state index is 11.4. The standard InChI is InChI=1S/C14H17NO4/c1-2-6-13(16)19-12-10-18-15-14(12)17-9-11-7-4-3-5-8-11/h3-5,7-8,12H,2,6,9-10H2,1H3/t12-/m0/s1. The van der Waals surface area contributed by atoms with Crippen molar-refractivity contribution in [2.75, 3.05) is 6.61 Å². The Bertz CT molecular complexity index is 444. The van der Waals surface area contributed by atoms with Crippen LogP contribution < -0.4 is 0 Å². The first-order valence-corrected chi connectivity index (χ1v) is 6.35. The third kappa shape index (κ3) is 3.98. The highest BCUT2D eigenvalue weighted by atomic mass is 16.7. The van der Waals surface area contributed by atoms with Gasteiger partial charge in [-0.25, -0.2) is 0 Å². The Balaban J connectivity index is 1.84. The first-order chi connectivity index (χ1) is 9.29. The van der Waals surface area contributed by atoms with Crippen molar-refractivity contribution in [2.45, 2.75) is 32.5 Å². The molecule has 1 aromatic carbocycles. The fourth-order valence-electron chi connectivity index (χ4n) is 1.66. The molecule has 2 rings (SSSR count). The van der Waals surface area contributed by atoms with Crippen molar-refractivity contribution in [3.05, 3.63) is 35.9 Å². The Morgan fingerprint density at radius 3 is 2.95 bits per heavy atom. The first-order valence-electron chi connectivity index (χ1n) is 6.35. The molecular formula is C14H17NO4. The van der Waals surface area contributed by atoms with E-state index in [0.29, 0.717) is 18.9 Å². The summed E-state index contributed by atoms with van der Waals surface area (Å²) in [6.45, 7) is 2.53. The summed E-state index contributed by atoms with van der Waals surface area (Å²) in [5, 5.41) is 3.76. The van der Waals surface area contributed by atoms with Crippen molar-refractivity contribution in [2.24, 2.45) is 5.16 Å². The lowest BCUT2D eigenvalue weighted by Crippen LogP contribution is -2.28. The third-order valence-corrected chi connectivity index (χ3v) is 2.61. The van der Waals surface area contributed by atoms with Gasteiger partial charge < -0.3 is 14.3 Å². The molecule has 1 atom stereocenters. The minimum atomic E-state index is -0.525. The van der Waals surface area contributed by atoms with E-state index in [2.05, 4.69) is 5.16 Å². The van der Waals surface area contributed by atoms with Gasteiger partial charge in [-0.05, 0) is 17.1 Å². The van der Waals surface area contributed by atoms with Gasteiger partial charge in [0.05, 0.1) is 0 Å². The quantitative estimate of drug-likeness (QED) is 0.765. The second-order valence-electron chi connectivity index (χ2n) is 4.23. The van der Waals surface area contributed by atoms with Crippen LogP contribution in [0.2, 0.25) is 0 Å². The van der Waals surface area contributed by atoms with E-state index in [1.807, 2.05) is 37.3 Å². The number of carbonyl (C=O) groups excluding carboxylic acids is 1. The monoisotopic (exact) mass is 263 g/mol. The molecule has 0 unspecified atom stereocenters. The van der Waals surface area contributed by atoms with Gasteiger partial charge >= 0.3 is 5.97 Å². The predicted octanol–water partition coefficient (Wildman–Crippen LogP) is 2.26. The average molecular weight is 263 g/mol. The van der Waals surface area contributed by atoms with E-state index in [-0.39, 0.29) is 12.6 Å². The van der Waals surface area contributed by atoms with Crippen LogP contribution in [0.4, 0.5) is 0 Å². The highest BCUT2D eigenvalue weighted by Crippen LogP contribution is 2.11. The Morgan fingerprint density at radius 2 is 2.21 bits per heavy atom. The van der Waals surface area contributed by atoms with E-state index < -0.39 is 6.10 Å². The summed E-state index contributed by atoms with van der Waals surface area (Å²) in [7, 11) is 0. The summed E-state index contributed by atoms with van der Waals surface area (Å²) in [6, 6.07) is 9.72. The largest absolute Gasteiger partial charge is 0.471 e. The molecule has 0 aromatic heterocycles. The van der Waals surface area contributed by atoms with Crippen LogP contribution >= 0.6 is 0 Å². The van der Waals surface area contributed by atoms with Gasteiger partial charge in [0.15, 0.2) is 6.61 Å². The highest BCUT2D eigenvalue weighted by molar-refractivity contribution is 5.84. The van der Waals surface area contributed by atoms with Crippen molar-refractivity contribution in [3.63, 3.8) is 0 Å². The van der Waals surface area contributed by atoms with Gasteiger partial charge in [0, 0.05) is 6.42 Å². The zero-order valence-corrected chi connectivity index (χ0v) is 10.9. The van der Waals surface area contributed by atoms with Crippen LogP contribution in [0.5, 0.6) is 0 Å². The zero-order chi connectivity index (χ0) is 13.5. The lowest BCUT2D eigenvalue weighted by molar-refractivity contribution is -0.147. The van der Waals surface area contributed by atoms with E-state index in [1.165, 1.54) is 0 Å². The molecule has 1 aliphatic heterocycles. The summed E-state index contributed by atoms with van der Waals surface area (Å²) in [6.07, 6.45) is 0.620. The second kappa shape index (κ2) is 6.78. The van der Waals surface area contributed by atoms with Crippen LogP contribution in [-0.4, -0.2) is 24.6 Å². The van der Waals surface area contributed by atoms with E-state index in [0.717, 1.165) is 12.0 Å². The van der Waals surface area contributed by atoms with Crippen LogP contribution in [0.15, 0.2) is 35.5 Å². The number of rotatable bonds is 5. The number of esters is 1. The molecule has 0 aliphatic carbocycles. The Morgan fingerprint density at radius 1 is 1.42 bits per heavy atom. The Labute approximate surface area is 112 Å².